The van der Waals surface area contributed by atoms with Crippen LogP contribution in [0.4, 0.5) is 13.2 Å². The lowest BCUT2D eigenvalue weighted by molar-refractivity contribution is -0.0548. The van der Waals surface area contributed by atoms with Crippen molar-refractivity contribution in [3.05, 3.63) is 0 Å². The van der Waals surface area contributed by atoms with Gasteiger partial charge in [0.25, 0.3) is 7.22 Å². The minimum absolute atomic E-state index is 0.570. The van der Waals surface area contributed by atoms with Crippen molar-refractivity contribution in [2.75, 3.05) is 0 Å². The fraction of sp³-hybridized carbons (Fsp3) is 1.00. The topological polar surface area (TPSA) is 57.2 Å². The molecule has 0 N–H and O–H groups in total. The molecule has 1 atom stereocenters. The SMILES string of the molecule is CC(C)(C)C[Si](C)(C(F)(F)F)S(=O)(=O)[O-]. The first-order chi connectivity index (χ1) is 6.21. The highest BCUT2D eigenvalue weighted by Crippen LogP contribution is 2.41. The van der Waals surface area contributed by atoms with Gasteiger partial charge in [-0.25, -0.2) is 8.42 Å². The molecule has 0 rings (SSSR count). The molecule has 0 bridgehead atoms. The fourth-order valence-electron chi connectivity index (χ4n) is 1.34. The largest absolute Gasteiger partial charge is 0.753 e. The van der Waals surface area contributed by atoms with Crippen LogP contribution >= 0.6 is 0 Å². The second-order valence-electron chi connectivity index (χ2n) is 4.92. The molecule has 92 valence electrons. The van der Waals surface area contributed by atoms with Gasteiger partial charge in [-0.05, 0) is 18.0 Å². The van der Waals surface area contributed by atoms with Crippen LogP contribution in [-0.2, 0) is 9.57 Å². The molecule has 0 aliphatic rings. The maximum Gasteiger partial charge on any atom is 0.376 e. The van der Waals surface area contributed by atoms with Crippen LogP contribution in [-0.4, -0.2) is 26.0 Å². The first-order valence-corrected chi connectivity index (χ1v) is 9.07. The van der Waals surface area contributed by atoms with E-state index in [4.69, 9.17) is 0 Å². The van der Waals surface area contributed by atoms with E-state index in [1.54, 1.807) is 0 Å². The molecule has 8 heteroatoms. The Labute approximate surface area is 88.1 Å². The van der Waals surface area contributed by atoms with Gasteiger partial charge in [0.1, 0.15) is 0 Å². The van der Waals surface area contributed by atoms with Gasteiger partial charge >= 0.3 is 5.80 Å². The Balaban J connectivity index is 5.46. The molecular formula is C7H14F3O3SSi-. The highest BCUT2D eigenvalue weighted by molar-refractivity contribution is 8.18. The van der Waals surface area contributed by atoms with Crippen LogP contribution in [0.2, 0.25) is 12.6 Å². The second-order valence-corrected chi connectivity index (χ2v) is 13.4. The predicted octanol–water partition coefficient (Wildman–Crippen LogP) is 2.25. The quantitative estimate of drug-likeness (QED) is 0.567. The molecule has 15 heavy (non-hydrogen) atoms. The van der Waals surface area contributed by atoms with Crippen molar-refractivity contribution < 1.29 is 26.1 Å². The fourth-order valence-corrected chi connectivity index (χ4v) is 6.71. The third-order valence-electron chi connectivity index (χ3n) is 2.02. The highest BCUT2D eigenvalue weighted by atomic mass is 32.4. The van der Waals surface area contributed by atoms with Crippen LogP contribution in [0, 0.1) is 5.41 Å². The molecule has 0 aromatic carbocycles. The van der Waals surface area contributed by atoms with Gasteiger partial charge in [-0.2, -0.15) is 13.2 Å². The summed E-state index contributed by atoms with van der Waals surface area (Å²) in [6.07, 6.45) is 0. The molecule has 0 heterocycles. The number of alkyl halides is 3. The molecule has 0 amide bonds. The Kier molecular flexibility index (Phi) is 3.72. The Morgan fingerprint density at radius 1 is 1.20 bits per heavy atom. The van der Waals surface area contributed by atoms with E-state index in [2.05, 4.69) is 0 Å². The van der Waals surface area contributed by atoms with Crippen molar-refractivity contribution in [1.82, 2.24) is 0 Å². The summed E-state index contributed by atoms with van der Waals surface area (Å²) < 4.78 is 70.1. The van der Waals surface area contributed by atoms with E-state index in [0.717, 1.165) is 0 Å². The lowest BCUT2D eigenvalue weighted by Crippen LogP contribution is -2.56. The predicted molar refractivity (Wildman–Crippen MR) is 51.6 cm³/mol. The van der Waals surface area contributed by atoms with Crippen molar-refractivity contribution in [3.8, 4) is 0 Å². The maximum atomic E-state index is 12.6. The molecule has 0 aromatic heterocycles. The Morgan fingerprint density at radius 3 is 1.60 bits per heavy atom. The van der Waals surface area contributed by atoms with Gasteiger partial charge in [-0.15, -0.1) is 0 Å². The first kappa shape index (κ1) is 14.9. The molecule has 1 unspecified atom stereocenters. The summed E-state index contributed by atoms with van der Waals surface area (Å²) in [5, 5.41) is 0. The van der Waals surface area contributed by atoms with E-state index in [-0.39, 0.29) is 0 Å². The van der Waals surface area contributed by atoms with Crippen LogP contribution in [0.5, 0.6) is 0 Å². The third-order valence-corrected chi connectivity index (χ3v) is 10.5. The first-order valence-electron chi connectivity index (χ1n) is 4.23. The van der Waals surface area contributed by atoms with Crippen molar-refractivity contribution >= 4 is 16.8 Å². The lowest BCUT2D eigenvalue weighted by atomic mass is 10.0. The van der Waals surface area contributed by atoms with Crippen LogP contribution < -0.4 is 0 Å². The van der Waals surface area contributed by atoms with E-state index in [1.807, 2.05) is 0 Å². The Hall–Kier alpha value is -0.0831. The van der Waals surface area contributed by atoms with Crippen LogP contribution in [0.25, 0.3) is 0 Å². The monoisotopic (exact) mass is 263 g/mol. The van der Waals surface area contributed by atoms with Gasteiger partial charge in [0, 0.05) is 0 Å². The van der Waals surface area contributed by atoms with Crippen molar-refractivity contribution in [3.63, 3.8) is 0 Å². The molecule has 0 fully saturated rings. The van der Waals surface area contributed by atoms with E-state index in [9.17, 15) is 26.1 Å². The molecular weight excluding hydrogens is 249 g/mol. The average molecular weight is 263 g/mol. The van der Waals surface area contributed by atoms with Crippen LogP contribution in [0.1, 0.15) is 20.8 Å². The van der Waals surface area contributed by atoms with Gasteiger partial charge in [0.15, 0.2) is 0 Å². The third kappa shape index (κ3) is 3.46. The average Bonchev–Trinajstić information content (AvgIpc) is 1.77. The standard InChI is InChI=1S/C7H15F3O3SSi/c1-6(2,3)5-15(4,7(8,9)10)14(11,12)13/h5H2,1-4H3,(H,11,12,13)/p-1. The maximum absolute atomic E-state index is 12.6. The zero-order valence-electron chi connectivity index (χ0n) is 8.97. The van der Waals surface area contributed by atoms with Crippen LogP contribution in [0.15, 0.2) is 0 Å². The smallest absolute Gasteiger partial charge is 0.376 e. The number of hydrogen-bond donors (Lipinski definition) is 0. The highest BCUT2D eigenvalue weighted by Gasteiger charge is 2.60. The van der Waals surface area contributed by atoms with Crippen molar-refractivity contribution in [2.24, 2.45) is 5.41 Å². The number of halogens is 3. The lowest BCUT2D eigenvalue weighted by Gasteiger charge is -2.36. The molecule has 3 nitrogen and oxygen atoms in total. The van der Waals surface area contributed by atoms with E-state index in [0.29, 0.717) is 6.55 Å². The van der Waals surface area contributed by atoms with Crippen molar-refractivity contribution in [1.29, 1.82) is 0 Å². The summed E-state index contributed by atoms with van der Waals surface area (Å²) in [5.74, 6) is -4.92. The molecule has 0 radical (unpaired) electrons. The Morgan fingerprint density at radius 2 is 1.53 bits per heavy atom. The van der Waals surface area contributed by atoms with E-state index < -0.39 is 34.0 Å². The molecule has 0 aromatic rings. The zero-order chi connectivity index (χ0) is 12.7. The van der Waals surface area contributed by atoms with E-state index in [1.165, 1.54) is 20.8 Å². The summed E-state index contributed by atoms with van der Waals surface area (Å²) in [5.41, 5.74) is -0.839. The van der Waals surface area contributed by atoms with Gasteiger partial charge < -0.3 is 4.55 Å². The van der Waals surface area contributed by atoms with Gasteiger partial charge in [-0.3, -0.25) is 0 Å². The minimum atomic E-state index is -5.29. The van der Waals surface area contributed by atoms with Crippen molar-refractivity contribution in [2.45, 2.75) is 39.2 Å². The van der Waals surface area contributed by atoms with Crippen LogP contribution in [0.3, 0.4) is 0 Å². The number of hydrogen-bond acceptors (Lipinski definition) is 3. The molecule has 0 saturated carbocycles. The zero-order valence-corrected chi connectivity index (χ0v) is 10.8. The molecule has 0 aliphatic carbocycles. The van der Waals surface area contributed by atoms with Gasteiger partial charge in [-0.1, -0.05) is 20.8 Å². The summed E-state index contributed by atoms with van der Waals surface area (Å²) in [4.78, 5) is 0. The summed E-state index contributed by atoms with van der Waals surface area (Å²) >= 11 is 0. The number of rotatable bonds is 2. The summed E-state index contributed by atoms with van der Waals surface area (Å²) in [7, 11) is -10.2. The molecule has 0 saturated heterocycles. The molecule has 0 aliphatic heterocycles. The summed E-state index contributed by atoms with van der Waals surface area (Å²) in [6.45, 7) is 5.01. The second kappa shape index (κ2) is 3.74. The Bertz CT molecular complexity index is 330. The van der Waals surface area contributed by atoms with E-state index >= 15 is 0 Å². The summed E-state index contributed by atoms with van der Waals surface area (Å²) in [6, 6.07) is -0.616. The molecule has 0 spiro atoms. The minimum Gasteiger partial charge on any atom is -0.753 e. The normalized spacial score (nSPS) is 18.7. The van der Waals surface area contributed by atoms with Gasteiger partial charge in [0.2, 0.25) is 0 Å². The van der Waals surface area contributed by atoms with Gasteiger partial charge in [0.05, 0.1) is 9.57 Å².